The summed E-state index contributed by atoms with van der Waals surface area (Å²) in [5, 5.41) is 43.9. The van der Waals surface area contributed by atoms with Gasteiger partial charge in [0.15, 0.2) is 26.7 Å². The van der Waals surface area contributed by atoms with Crippen LogP contribution in [0.3, 0.4) is 0 Å². The standard InChI is InChI=1S/C29H42O11Si/c1-25(2,3)41(5,6)36-13-17-19(30)20(31)21(32)23(37-17)38-29-12-18-27(29,15-35-22(33)16-10-8-7-9-11-16)24-39-26(29,4)14-28(18,34)40-24/h7-11,17-21,23-24,30-32,34H,12-15H2,1-6H3/t17-,18-,19-,20+,21-,23+,24-,26+,27+,28-,29-/m1/s1. The molecule has 7 aliphatic rings. The molecule has 11 atom stereocenters. The van der Waals surface area contributed by atoms with Crippen LogP contribution in [0, 0.1) is 11.3 Å². The molecule has 41 heavy (non-hydrogen) atoms. The second kappa shape index (κ2) is 9.27. The van der Waals surface area contributed by atoms with Crippen LogP contribution in [-0.2, 0) is 28.1 Å². The number of rotatable bonds is 8. The first-order chi connectivity index (χ1) is 19.0. The summed E-state index contributed by atoms with van der Waals surface area (Å²) in [7, 11) is -2.22. The van der Waals surface area contributed by atoms with E-state index < -0.39 is 79.6 Å². The highest BCUT2D eigenvalue weighted by Gasteiger charge is 2.94. The lowest BCUT2D eigenvalue weighted by molar-refractivity contribution is -0.424. The molecule has 0 amide bonds. The van der Waals surface area contributed by atoms with Crippen molar-refractivity contribution in [3.8, 4) is 0 Å². The van der Waals surface area contributed by atoms with Crippen LogP contribution in [0.2, 0.25) is 18.1 Å². The van der Waals surface area contributed by atoms with Gasteiger partial charge in [0.05, 0.1) is 17.6 Å². The Morgan fingerprint density at radius 2 is 1.76 bits per heavy atom. The maximum Gasteiger partial charge on any atom is 0.338 e. The molecule has 1 aromatic rings. The largest absolute Gasteiger partial charge is 0.461 e. The zero-order chi connectivity index (χ0) is 29.8. The normalized spacial score (nSPS) is 46.4. The second-order valence-electron chi connectivity index (χ2n) is 14.1. The Balaban J connectivity index is 1.26. The van der Waals surface area contributed by atoms with E-state index in [1.165, 1.54) is 0 Å². The maximum absolute atomic E-state index is 12.9. The molecule has 0 unspecified atom stereocenters. The lowest BCUT2D eigenvalue weighted by Gasteiger charge is -2.67. The first-order valence-corrected chi connectivity index (χ1v) is 17.2. The van der Waals surface area contributed by atoms with Crippen LogP contribution in [0.15, 0.2) is 30.3 Å². The van der Waals surface area contributed by atoms with Gasteiger partial charge >= 0.3 is 5.97 Å². The Morgan fingerprint density at radius 1 is 1.07 bits per heavy atom. The van der Waals surface area contributed by atoms with Gasteiger partial charge in [-0.05, 0) is 43.6 Å². The van der Waals surface area contributed by atoms with Crippen molar-refractivity contribution in [1.29, 1.82) is 0 Å². The molecule has 11 nitrogen and oxygen atoms in total. The molecule has 0 radical (unpaired) electrons. The SMILES string of the molecule is CC(C)(C)[Si](C)(C)OC[C@H]1O[C@@H](O[C@@]23C[C@@H]4[C@@]2(COC(=O)c2ccccc2)[C@H]2O[C@]4(O)C[C@]3(C)O2)[C@H](O)[C@@H](O)[C@@H]1O. The third-order valence-electron chi connectivity index (χ3n) is 10.8. The number of esters is 1. The van der Waals surface area contributed by atoms with Crippen molar-refractivity contribution in [2.24, 2.45) is 11.3 Å². The molecule has 6 bridgehead atoms. The summed E-state index contributed by atoms with van der Waals surface area (Å²) in [6, 6.07) is 8.58. The molecule has 4 aliphatic heterocycles. The van der Waals surface area contributed by atoms with E-state index in [1.807, 2.05) is 6.92 Å². The quantitative estimate of drug-likeness (QED) is 0.257. The molecule has 8 rings (SSSR count). The molecule has 3 saturated carbocycles. The van der Waals surface area contributed by atoms with Crippen LogP contribution in [0.4, 0.5) is 0 Å². The van der Waals surface area contributed by atoms with Gasteiger partial charge in [-0.3, -0.25) is 0 Å². The van der Waals surface area contributed by atoms with E-state index in [0.717, 1.165) is 0 Å². The highest BCUT2D eigenvalue weighted by atomic mass is 28.4. The van der Waals surface area contributed by atoms with Crippen molar-refractivity contribution in [2.45, 2.75) is 113 Å². The molecule has 12 heteroatoms. The van der Waals surface area contributed by atoms with Gasteiger partial charge in [-0.15, -0.1) is 0 Å². The molecule has 4 heterocycles. The van der Waals surface area contributed by atoms with Crippen LogP contribution in [0.25, 0.3) is 0 Å². The minimum atomic E-state index is -2.22. The van der Waals surface area contributed by atoms with E-state index in [-0.39, 0.29) is 24.7 Å². The molecular formula is C29H42O11Si. The van der Waals surface area contributed by atoms with Crippen molar-refractivity contribution in [3.63, 3.8) is 0 Å². The molecule has 3 aliphatic carbocycles. The van der Waals surface area contributed by atoms with Crippen molar-refractivity contribution in [2.75, 3.05) is 13.2 Å². The minimum Gasteiger partial charge on any atom is -0.461 e. The Kier molecular flexibility index (Phi) is 6.70. The first-order valence-electron chi connectivity index (χ1n) is 14.3. The Bertz CT molecular complexity index is 1190. The minimum absolute atomic E-state index is 0.00993. The number of aliphatic hydroxyl groups excluding tert-OH is 3. The van der Waals surface area contributed by atoms with Crippen molar-refractivity contribution in [3.05, 3.63) is 35.9 Å². The van der Waals surface area contributed by atoms with Crippen LogP contribution < -0.4 is 0 Å². The van der Waals surface area contributed by atoms with Crippen LogP contribution in [-0.4, -0.2) is 102 Å². The van der Waals surface area contributed by atoms with Crippen LogP contribution in [0.5, 0.6) is 0 Å². The first kappa shape index (κ1) is 29.6. The molecule has 4 saturated heterocycles. The average Bonchev–Trinajstić information content (AvgIpc) is 3.08. The Labute approximate surface area is 240 Å². The number of benzene rings is 1. The van der Waals surface area contributed by atoms with E-state index in [9.17, 15) is 25.2 Å². The van der Waals surface area contributed by atoms with E-state index >= 15 is 0 Å². The summed E-state index contributed by atoms with van der Waals surface area (Å²) in [6.07, 6.45) is -7.33. The van der Waals surface area contributed by atoms with Crippen molar-refractivity contribution < 1.29 is 53.3 Å². The van der Waals surface area contributed by atoms with Crippen LogP contribution >= 0.6 is 0 Å². The van der Waals surface area contributed by atoms with E-state index in [0.29, 0.717) is 12.0 Å². The predicted molar refractivity (Wildman–Crippen MR) is 145 cm³/mol. The van der Waals surface area contributed by atoms with Gasteiger partial charge in [0, 0.05) is 12.3 Å². The lowest BCUT2D eigenvalue weighted by atomic mass is 9.41. The van der Waals surface area contributed by atoms with Crippen molar-refractivity contribution >= 4 is 14.3 Å². The fraction of sp³-hybridized carbons (Fsp3) is 0.759. The summed E-state index contributed by atoms with van der Waals surface area (Å²) in [6.45, 7) is 12.1. The smallest absolute Gasteiger partial charge is 0.338 e. The second-order valence-corrected chi connectivity index (χ2v) is 18.9. The number of ether oxygens (including phenoxy) is 5. The number of hydrogen-bond acceptors (Lipinski definition) is 11. The molecule has 1 aromatic carbocycles. The molecule has 228 valence electrons. The fourth-order valence-electron chi connectivity index (χ4n) is 7.37. The number of hydrogen-bond donors (Lipinski definition) is 4. The van der Waals surface area contributed by atoms with E-state index in [1.54, 1.807) is 30.3 Å². The van der Waals surface area contributed by atoms with Gasteiger partial charge < -0.3 is 48.5 Å². The van der Waals surface area contributed by atoms with Gasteiger partial charge in [0.1, 0.15) is 42.2 Å². The summed E-state index contributed by atoms with van der Waals surface area (Å²) in [4.78, 5) is 12.9. The Morgan fingerprint density at radius 3 is 2.41 bits per heavy atom. The van der Waals surface area contributed by atoms with E-state index in [4.69, 9.17) is 28.1 Å². The molecule has 0 spiro atoms. The zero-order valence-electron chi connectivity index (χ0n) is 24.4. The van der Waals surface area contributed by atoms with E-state index in [2.05, 4.69) is 33.9 Å². The number of carbonyl (C=O) groups excluding carboxylic acids is 1. The van der Waals surface area contributed by atoms with Crippen LogP contribution in [0.1, 0.15) is 50.9 Å². The van der Waals surface area contributed by atoms with Gasteiger partial charge in [-0.25, -0.2) is 4.79 Å². The summed E-state index contributed by atoms with van der Waals surface area (Å²) >= 11 is 0. The van der Waals surface area contributed by atoms with Crippen molar-refractivity contribution in [1.82, 2.24) is 0 Å². The topological polar surface area (TPSA) is 153 Å². The molecule has 4 N–H and O–H groups in total. The fourth-order valence-corrected chi connectivity index (χ4v) is 8.38. The van der Waals surface area contributed by atoms with Gasteiger partial charge in [0.25, 0.3) is 0 Å². The summed E-state index contributed by atoms with van der Waals surface area (Å²) < 4.78 is 37.1. The number of aliphatic hydroxyl groups is 4. The summed E-state index contributed by atoms with van der Waals surface area (Å²) in [5.41, 5.74) is -2.93. The highest BCUT2D eigenvalue weighted by molar-refractivity contribution is 6.74. The average molecular weight is 595 g/mol. The number of carbonyl (C=O) groups is 1. The molecular weight excluding hydrogens is 552 g/mol. The predicted octanol–water partition coefficient (Wildman–Crippen LogP) is 1.67. The lowest BCUT2D eigenvalue weighted by Crippen LogP contribution is -2.80. The van der Waals surface area contributed by atoms with Gasteiger partial charge in [0.2, 0.25) is 0 Å². The third-order valence-corrected chi connectivity index (χ3v) is 15.3. The monoisotopic (exact) mass is 594 g/mol. The zero-order valence-corrected chi connectivity index (χ0v) is 25.4. The van der Waals surface area contributed by atoms with Gasteiger partial charge in [-0.2, -0.15) is 0 Å². The molecule has 0 aromatic heterocycles. The molecule has 7 fully saturated rings. The van der Waals surface area contributed by atoms with Gasteiger partial charge in [-0.1, -0.05) is 39.0 Å². The summed E-state index contributed by atoms with van der Waals surface area (Å²) in [5.74, 6) is -2.45. The highest BCUT2D eigenvalue weighted by Crippen LogP contribution is 2.81. The Hall–Kier alpha value is -1.45. The maximum atomic E-state index is 12.9. The third kappa shape index (κ3) is 3.99.